The van der Waals surface area contributed by atoms with Crippen molar-refractivity contribution in [3.05, 3.63) is 71.3 Å². The van der Waals surface area contributed by atoms with Crippen LogP contribution in [0.15, 0.2) is 54.6 Å². The molecule has 0 atom stereocenters. The van der Waals surface area contributed by atoms with Crippen molar-refractivity contribution < 1.29 is 4.79 Å². The van der Waals surface area contributed by atoms with Crippen LogP contribution < -0.4 is 5.32 Å². The Bertz CT molecular complexity index is 661. The van der Waals surface area contributed by atoms with Crippen LogP contribution >= 0.6 is 0 Å². The lowest BCUT2D eigenvalue weighted by Gasteiger charge is -2.34. The number of amides is 1. The fraction of sp³-hybridized carbons (Fsp3) is 0.381. The van der Waals surface area contributed by atoms with E-state index in [2.05, 4.69) is 45.4 Å². The smallest absolute Gasteiger partial charge is 0.251 e. The number of nitrogens with zero attached hydrogens (tertiary/aromatic N) is 2. The lowest BCUT2D eigenvalue weighted by Crippen LogP contribution is -2.48. The van der Waals surface area contributed by atoms with E-state index in [1.165, 1.54) is 11.1 Å². The van der Waals surface area contributed by atoms with E-state index < -0.39 is 0 Å². The number of carbonyl (C=O) groups excluding carboxylic acids is 1. The predicted octanol–water partition coefficient (Wildman–Crippen LogP) is 2.54. The molecule has 2 aromatic rings. The van der Waals surface area contributed by atoms with E-state index in [4.69, 9.17) is 0 Å². The van der Waals surface area contributed by atoms with E-state index >= 15 is 0 Å². The Kier molecular flexibility index (Phi) is 6.20. The van der Waals surface area contributed by atoms with Gasteiger partial charge >= 0.3 is 0 Å². The number of benzene rings is 2. The van der Waals surface area contributed by atoms with Crippen LogP contribution in [-0.2, 0) is 6.54 Å². The van der Waals surface area contributed by atoms with Gasteiger partial charge in [0, 0.05) is 51.4 Å². The maximum Gasteiger partial charge on any atom is 0.251 e. The average molecular weight is 337 g/mol. The molecule has 1 saturated heterocycles. The first kappa shape index (κ1) is 17.6. The van der Waals surface area contributed by atoms with Gasteiger partial charge in [0.1, 0.15) is 0 Å². The normalized spacial score (nSPS) is 15.9. The summed E-state index contributed by atoms with van der Waals surface area (Å²) in [5.41, 5.74) is 3.28. The zero-order chi connectivity index (χ0) is 17.5. The van der Waals surface area contributed by atoms with E-state index in [-0.39, 0.29) is 5.91 Å². The number of hydrogen-bond donors (Lipinski definition) is 1. The number of nitrogens with one attached hydrogen (secondary N) is 1. The standard InChI is InChI=1S/C21H27N3O/c1-18-7-9-20(10-8-18)21(25)22-11-12-23-13-15-24(16-14-23)17-19-5-3-2-4-6-19/h2-10H,11-17H2,1H3,(H,22,25). The molecule has 0 saturated carbocycles. The molecule has 1 amide bonds. The molecule has 1 aliphatic heterocycles. The van der Waals surface area contributed by atoms with Crippen LogP contribution in [-0.4, -0.2) is 55.0 Å². The SMILES string of the molecule is Cc1ccc(C(=O)NCCN2CCN(Cc3ccccc3)CC2)cc1. The molecule has 4 nitrogen and oxygen atoms in total. The molecule has 0 bridgehead atoms. The van der Waals surface area contributed by atoms with Gasteiger partial charge in [0.05, 0.1) is 0 Å². The highest BCUT2D eigenvalue weighted by Gasteiger charge is 2.16. The number of rotatable bonds is 6. The minimum absolute atomic E-state index is 0.0164. The van der Waals surface area contributed by atoms with E-state index in [0.717, 1.165) is 44.8 Å². The van der Waals surface area contributed by atoms with Gasteiger partial charge in [0.25, 0.3) is 5.91 Å². The minimum atomic E-state index is 0.0164. The molecule has 0 radical (unpaired) electrons. The van der Waals surface area contributed by atoms with E-state index in [1.54, 1.807) is 0 Å². The monoisotopic (exact) mass is 337 g/mol. The summed E-state index contributed by atoms with van der Waals surface area (Å²) in [7, 11) is 0. The average Bonchev–Trinajstić information content (AvgIpc) is 2.64. The highest BCUT2D eigenvalue weighted by atomic mass is 16.1. The first-order chi connectivity index (χ1) is 12.2. The molecule has 1 N–H and O–H groups in total. The van der Waals surface area contributed by atoms with Crippen LogP contribution in [0.1, 0.15) is 21.5 Å². The summed E-state index contributed by atoms with van der Waals surface area (Å²) in [6, 6.07) is 18.3. The Morgan fingerprint density at radius 3 is 2.24 bits per heavy atom. The molecule has 0 unspecified atom stereocenters. The van der Waals surface area contributed by atoms with Crippen molar-refractivity contribution in [2.45, 2.75) is 13.5 Å². The van der Waals surface area contributed by atoms with Crippen molar-refractivity contribution >= 4 is 5.91 Å². The van der Waals surface area contributed by atoms with Crippen molar-refractivity contribution in [3.63, 3.8) is 0 Å². The fourth-order valence-electron chi connectivity index (χ4n) is 3.15. The van der Waals surface area contributed by atoms with E-state index in [9.17, 15) is 4.79 Å². The summed E-state index contributed by atoms with van der Waals surface area (Å²) in [4.78, 5) is 17.0. The number of hydrogen-bond acceptors (Lipinski definition) is 3. The molecule has 0 aliphatic carbocycles. The maximum atomic E-state index is 12.1. The Morgan fingerprint density at radius 2 is 1.56 bits per heavy atom. The molecule has 1 aliphatic rings. The molecule has 1 fully saturated rings. The lowest BCUT2D eigenvalue weighted by atomic mass is 10.1. The van der Waals surface area contributed by atoms with Crippen molar-refractivity contribution in [2.75, 3.05) is 39.3 Å². The Morgan fingerprint density at radius 1 is 0.920 bits per heavy atom. The second kappa shape index (κ2) is 8.79. The molecular formula is C21H27N3O. The quantitative estimate of drug-likeness (QED) is 0.880. The second-order valence-corrected chi connectivity index (χ2v) is 6.73. The minimum Gasteiger partial charge on any atom is -0.351 e. The Hall–Kier alpha value is -2.17. The summed E-state index contributed by atoms with van der Waals surface area (Å²) < 4.78 is 0. The van der Waals surface area contributed by atoms with Gasteiger partial charge < -0.3 is 5.32 Å². The van der Waals surface area contributed by atoms with Gasteiger partial charge in [0.2, 0.25) is 0 Å². The number of piperazine rings is 1. The second-order valence-electron chi connectivity index (χ2n) is 6.73. The largest absolute Gasteiger partial charge is 0.351 e. The molecule has 1 heterocycles. The number of carbonyl (C=O) groups is 1. The molecule has 25 heavy (non-hydrogen) atoms. The highest BCUT2D eigenvalue weighted by Crippen LogP contribution is 2.08. The third-order valence-electron chi connectivity index (χ3n) is 4.74. The molecular weight excluding hydrogens is 310 g/mol. The highest BCUT2D eigenvalue weighted by molar-refractivity contribution is 5.94. The predicted molar refractivity (Wildman–Crippen MR) is 102 cm³/mol. The van der Waals surface area contributed by atoms with Gasteiger partial charge in [-0.2, -0.15) is 0 Å². The molecule has 132 valence electrons. The van der Waals surface area contributed by atoms with Crippen molar-refractivity contribution in [2.24, 2.45) is 0 Å². The Balaban J connectivity index is 1.35. The van der Waals surface area contributed by atoms with Crippen molar-refractivity contribution in [1.82, 2.24) is 15.1 Å². The first-order valence-corrected chi connectivity index (χ1v) is 9.04. The van der Waals surface area contributed by atoms with Crippen LogP contribution in [0.3, 0.4) is 0 Å². The van der Waals surface area contributed by atoms with Crippen LogP contribution in [0.4, 0.5) is 0 Å². The third-order valence-corrected chi connectivity index (χ3v) is 4.74. The van der Waals surface area contributed by atoms with Gasteiger partial charge in [-0.3, -0.25) is 14.6 Å². The first-order valence-electron chi connectivity index (χ1n) is 9.04. The van der Waals surface area contributed by atoms with Gasteiger partial charge in [-0.25, -0.2) is 0 Å². The summed E-state index contributed by atoms with van der Waals surface area (Å²) in [5.74, 6) is 0.0164. The van der Waals surface area contributed by atoms with Crippen molar-refractivity contribution in [1.29, 1.82) is 0 Å². The molecule has 4 heteroatoms. The van der Waals surface area contributed by atoms with Gasteiger partial charge in [0.15, 0.2) is 0 Å². The summed E-state index contributed by atoms with van der Waals surface area (Å²) in [6.07, 6.45) is 0. The summed E-state index contributed by atoms with van der Waals surface area (Å²) in [5, 5.41) is 3.02. The molecule has 0 aromatic heterocycles. The zero-order valence-electron chi connectivity index (χ0n) is 14.9. The molecule has 3 rings (SSSR count). The fourth-order valence-corrected chi connectivity index (χ4v) is 3.15. The number of aryl methyl sites for hydroxylation is 1. The van der Waals surface area contributed by atoms with E-state index in [0.29, 0.717) is 6.54 Å². The van der Waals surface area contributed by atoms with Crippen LogP contribution in [0.2, 0.25) is 0 Å². The summed E-state index contributed by atoms with van der Waals surface area (Å²) >= 11 is 0. The maximum absolute atomic E-state index is 12.1. The van der Waals surface area contributed by atoms with Crippen molar-refractivity contribution in [3.8, 4) is 0 Å². The lowest BCUT2D eigenvalue weighted by molar-refractivity contribution is 0.0934. The van der Waals surface area contributed by atoms with Gasteiger partial charge in [-0.1, -0.05) is 48.0 Å². The van der Waals surface area contributed by atoms with Crippen LogP contribution in [0, 0.1) is 6.92 Å². The van der Waals surface area contributed by atoms with Gasteiger partial charge in [-0.15, -0.1) is 0 Å². The topological polar surface area (TPSA) is 35.6 Å². The van der Waals surface area contributed by atoms with Crippen LogP contribution in [0.5, 0.6) is 0 Å². The molecule has 0 spiro atoms. The summed E-state index contributed by atoms with van der Waals surface area (Å²) in [6.45, 7) is 8.96. The molecule has 2 aromatic carbocycles. The van der Waals surface area contributed by atoms with E-state index in [1.807, 2.05) is 31.2 Å². The zero-order valence-corrected chi connectivity index (χ0v) is 14.9. The Labute approximate surface area is 150 Å². The van der Waals surface area contributed by atoms with Crippen LogP contribution in [0.25, 0.3) is 0 Å². The third kappa shape index (κ3) is 5.41. The van der Waals surface area contributed by atoms with Gasteiger partial charge in [-0.05, 0) is 24.6 Å².